The molecule has 0 unspecified atom stereocenters. The Balaban J connectivity index is 0.000000671. The monoisotopic (exact) mass is 183 g/mol. The first-order valence-corrected chi connectivity index (χ1v) is 4.42. The maximum atomic E-state index is 10.5. The van der Waals surface area contributed by atoms with Crippen LogP contribution in [-0.2, 0) is 11.5 Å². The number of nitrogens with zero attached hydrogens (tertiary/aromatic N) is 2. The standard InChI is InChI=1S/C7H11N3O.C2H6/c1-6-3-9-10(4-6)5-8-7(2)11;1-2/h3-4H,5H2,1-2H3,(H,8,11);1-2H3. The summed E-state index contributed by atoms with van der Waals surface area (Å²) in [6, 6.07) is 0. The fourth-order valence-electron chi connectivity index (χ4n) is 0.746. The molecule has 0 atom stereocenters. The number of nitrogens with one attached hydrogen (secondary N) is 1. The van der Waals surface area contributed by atoms with Crippen LogP contribution < -0.4 is 5.32 Å². The number of amides is 1. The molecule has 1 heterocycles. The highest BCUT2D eigenvalue weighted by atomic mass is 16.1. The highest BCUT2D eigenvalue weighted by molar-refractivity contribution is 5.72. The summed E-state index contributed by atoms with van der Waals surface area (Å²) in [4.78, 5) is 10.5. The summed E-state index contributed by atoms with van der Waals surface area (Å²) in [6.07, 6.45) is 3.62. The van der Waals surface area contributed by atoms with Crippen LogP contribution in [0.4, 0.5) is 0 Å². The van der Waals surface area contributed by atoms with E-state index < -0.39 is 0 Å². The van der Waals surface area contributed by atoms with Crippen LogP contribution in [0.25, 0.3) is 0 Å². The van der Waals surface area contributed by atoms with Gasteiger partial charge in [0.1, 0.15) is 6.67 Å². The third-order valence-corrected chi connectivity index (χ3v) is 1.25. The van der Waals surface area contributed by atoms with Crippen LogP contribution >= 0.6 is 0 Å². The minimum Gasteiger partial charge on any atom is -0.337 e. The van der Waals surface area contributed by atoms with Crippen molar-refractivity contribution in [3.8, 4) is 0 Å². The van der Waals surface area contributed by atoms with Crippen molar-refractivity contribution in [2.75, 3.05) is 0 Å². The third kappa shape index (κ3) is 5.00. The molecule has 0 saturated heterocycles. The lowest BCUT2D eigenvalue weighted by Gasteiger charge is -2.00. The van der Waals surface area contributed by atoms with Gasteiger partial charge in [0.05, 0.1) is 6.20 Å². The van der Waals surface area contributed by atoms with Gasteiger partial charge in [-0.25, -0.2) is 0 Å². The van der Waals surface area contributed by atoms with Crippen molar-refractivity contribution < 1.29 is 4.79 Å². The lowest BCUT2D eigenvalue weighted by atomic mass is 10.4. The van der Waals surface area contributed by atoms with E-state index in [0.29, 0.717) is 6.67 Å². The maximum absolute atomic E-state index is 10.5. The topological polar surface area (TPSA) is 46.9 Å². The van der Waals surface area contributed by atoms with Gasteiger partial charge in [0.25, 0.3) is 0 Å². The first-order chi connectivity index (χ1) is 6.18. The zero-order valence-corrected chi connectivity index (χ0v) is 8.66. The van der Waals surface area contributed by atoms with Crippen LogP contribution in [0, 0.1) is 6.92 Å². The molecule has 13 heavy (non-hydrogen) atoms. The van der Waals surface area contributed by atoms with Gasteiger partial charge in [-0.05, 0) is 12.5 Å². The molecule has 1 amide bonds. The lowest BCUT2D eigenvalue weighted by Crippen LogP contribution is -2.23. The Kier molecular flexibility index (Phi) is 5.59. The molecule has 0 fully saturated rings. The molecule has 0 aromatic carbocycles. The van der Waals surface area contributed by atoms with Crippen molar-refractivity contribution in [1.29, 1.82) is 0 Å². The molecule has 0 aliphatic heterocycles. The molecule has 4 heteroatoms. The molecule has 74 valence electrons. The van der Waals surface area contributed by atoms with E-state index in [4.69, 9.17) is 0 Å². The summed E-state index contributed by atoms with van der Waals surface area (Å²) in [5, 5.41) is 6.63. The average molecular weight is 183 g/mol. The Labute approximate surface area is 78.9 Å². The molecule has 4 nitrogen and oxygen atoms in total. The number of aromatic nitrogens is 2. The summed E-state index contributed by atoms with van der Waals surface area (Å²) in [5.41, 5.74) is 1.09. The van der Waals surface area contributed by atoms with Crippen LogP contribution in [0.1, 0.15) is 26.3 Å². The van der Waals surface area contributed by atoms with Crippen molar-refractivity contribution in [1.82, 2.24) is 15.1 Å². The van der Waals surface area contributed by atoms with Crippen molar-refractivity contribution in [2.24, 2.45) is 0 Å². The summed E-state index contributed by atoms with van der Waals surface area (Å²) < 4.78 is 1.68. The molecular weight excluding hydrogens is 166 g/mol. The second-order valence-electron chi connectivity index (χ2n) is 2.45. The van der Waals surface area contributed by atoms with Gasteiger partial charge in [0.2, 0.25) is 5.91 Å². The fourth-order valence-corrected chi connectivity index (χ4v) is 0.746. The highest BCUT2D eigenvalue weighted by Crippen LogP contribution is 1.91. The number of hydrogen-bond acceptors (Lipinski definition) is 2. The highest BCUT2D eigenvalue weighted by Gasteiger charge is 1.93. The van der Waals surface area contributed by atoms with Gasteiger partial charge in [-0.1, -0.05) is 13.8 Å². The lowest BCUT2D eigenvalue weighted by molar-refractivity contribution is -0.119. The number of carbonyl (C=O) groups is 1. The summed E-state index contributed by atoms with van der Waals surface area (Å²) in [6.45, 7) is 7.89. The molecule has 1 aromatic heterocycles. The second kappa shape index (κ2) is 6.22. The minimum absolute atomic E-state index is 0.0434. The molecule has 0 spiro atoms. The molecule has 1 N–H and O–H groups in total. The smallest absolute Gasteiger partial charge is 0.218 e. The molecule has 0 bridgehead atoms. The van der Waals surface area contributed by atoms with Gasteiger partial charge >= 0.3 is 0 Å². The van der Waals surface area contributed by atoms with E-state index in [1.54, 1.807) is 10.9 Å². The summed E-state index contributed by atoms with van der Waals surface area (Å²) in [5.74, 6) is -0.0434. The van der Waals surface area contributed by atoms with Crippen LogP contribution in [-0.4, -0.2) is 15.7 Å². The van der Waals surface area contributed by atoms with Crippen LogP contribution in [0.3, 0.4) is 0 Å². The predicted molar refractivity (Wildman–Crippen MR) is 52.1 cm³/mol. The first kappa shape index (κ1) is 11.7. The molecule has 0 radical (unpaired) electrons. The van der Waals surface area contributed by atoms with Gasteiger partial charge in [0, 0.05) is 13.1 Å². The average Bonchev–Trinajstić information content (AvgIpc) is 2.52. The molecule has 0 saturated carbocycles. The van der Waals surface area contributed by atoms with Crippen molar-refractivity contribution in [2.45, 2.75) is 34.4 Å². The largest absolute Gasteiger partial charge is 0.337 e. The number of carbonyl (C=O) groups excluding carboxylic acids is 1. The zero-order valence-electron chi connectivity index (χ0n) is 8.66. The van der Waals surface area contributed by atoms with E-state index in [0.717, 1.165) is 5.56 Å². The number of rotatable bonds is 2. The van der Waals surface area contributed by atoms with E-state index in [1.165, 1.54) is 6.92 Å². The molecule has 1 rings (SSSR count). The maximum Gasteiger partial charge on any atom is 0.218 e. The molecular formula is C9H17N3O. The van der Waals surface area contributed by atoms with Gasteiger partial charge in [-0.3, -0.25) is 9.48 Å². The van der Waals surface area contributed by atoms with Crippen LogP contribution in [0.2, 0.25) is 0 Å². The second-order valence-corrected chi connectivity index (χ2v) is 2.45. The van der Waals surface area contributed by atoms with E-state index >= 15 is 0 Å². The SMILES string of the molecule is CC.CC(=O)NCn1cc(C)cn1. The first-order valence-electron chi connectivity index (χ1n) is 4.42. The number of hydrogen-bond donors (Lipinski definition) is 1. The van der Waals surface area contributed by atoms with Gasteiger partial charge in [0.15, 0.2) is 0 Å². The Morgan fingerprint density at radius 3 is 2.62 bits per heavy atom. The molecule has 0 aliphatic carbocycles. The Morgan fingerprint density at radius 1 is 1.62 bits per heavy atom. The minimum atomic E-state index is -0.0434. The quantitative estimate of drug-likeness (QED) is 0.751. The molecule has 1 aromatic rings. The zero-order chi connectivity index (χ0) is 10.3. The van der Waals surface area contributed by atoms with Crippen molar-refractivity contribution in [3.63, 3.8) is 0 Å². The summed E-state index contributed by atoms with van der Waals surface area (Å²) in [7, 11) is 0. The number of aryl methyl sites for hydroxylation is 1. The Hall–Kier alpha value is -1.32. The predicted octanol–water partition coefficient (Wildman–Crippen LogP) is 1.31. The van der Waals surface area contributed by atoms with E-state index in [2.05, 4.69) is 10.4 Å². The molecule has 0 aliphatic rings. The van der Waals surface area contributed by atoms with E-state index in [-0.39, 0.29) is 5.91 Å². The third-order valence-electron chi connectivity index (χ3n) is 1.25. The van der Waals surface area contributed by atoms with E-state index in [1.807, 2.05) is 27.0 Å². The van der Waals surface area contributed by atoms with Crippen LogP contribution in [0.5, 0.6) is 0 Å². The summed E-state index contributed by atoms with van der Waals surface area (Å²) >= 11 is 0. The Bertz CT molecular complexity index is 255. The van der Waals surface area contributed by atoms with Crippen LogP contribution in [0.15, 0.2) is 12.4 Å². The van der Waals surface area contributed by atoms with Gasteiger partial charge in [-0.2, -0.15) is 5.10 Å². The van der Waals surface area contributed by atoms with Crippen molar-refractivity contribution >= 4 is 5.91 Å². The Morgan fingerprint density at radius 2 is 2.23 bits per heavy atom. The van der Waals surface area contributed by atoms with Gasteiger partial charge in [-0.15, -0.1) is 0 Å². The fraction of sp³-hybridized carbons (Fsp3) is 0.556. The van der Waals surface area contributed by atoms with E-state index in [9.17, 15) is 4.79 Å². The normalized spacial score (nSPS) is 8.62. The van der Waals surface area contributed by atoms with Gasteiger partial charge < -0.3 is 5.32 Å². The van der Waals surface area contributed by atoms with Crippen molar-refractivity contribution in [3.05, 3.63) is 18.0 Å².